The average Bonchev–Trinajstić information content (AvgIpc) is 2.65. The molecule has 2 aromatic carbocycles. The molecule has 28 heavy (non-hydrogen) atoms. The summed E-state index contributed by atoms with van der Waals surface area (Å²) in [6.45, 7) is 1.65. The lowest BCUT2D eigenvalue weighted by Gasteiger charge is -2.08. The van der Waals surface area contributed by atoms with E-state index in [9.17, 15) is 9.18 Å². The molecule has 4 rings (SSSR count). The Morgan fingerprint density at radius 3 is 2.57 bits per heavy atom. The lowest BCUT2D eigenvalue weighted by molar-refractivity contribution is 0.551. The zero-order valence-corrected chi connectivity index (χ0v) is 16.0. The second-order valence-electron chi connectivity index (χ2n) is 6.09. The Bertz CT molecular complexity index is 1250. The van der Waals surface area contributed by atoms with E-state index in [2.05, 4.69) is 15.3 Å². The predicted octanol–water partition coefficient (Wildman–Crippen LogP) is 5.75. The molecule has 0 aliphatic heterocycles. The van der Waals surface area contributed by atoms with E-state index in [-0.39, 0.29) is 23.0 Å². The summed E-state index contributed by atoms with van der Waals surface area (Å²) in [5.74, 6) is -0.0908. The van der Waals surface area contributed by atoms with E-state index >= 15 is 0 Å². The van der Waals surface area contributed by atoms with Crippen molar-refractivity contribution in [1.29, 1.82) is 0 Å². The van der Waals surface area contributed by atoms with Gasteiger partial charge < -0.3 is 9.73 Å². The molecule has 140 valence electrons. The number of hydrogen-bond acceptors (Lipinski definition) is 5. The third kappa shape index (κ3) is 3.44. The lowest BCUT2D eigenvalue weighted by Crippen LogP contribution is -2.05. The molecule has 0 saturated heterocycles. The second kappa shape index (κ2) is 7.22. The number of rotatable bonds is 3. The van der Waals surface area contributed by atoms with E-state index in [1.807, 2.05) is 0 Å². The van der Waals surface area contributed by atoms with Gasteiger partial charge in [-0.15, -0.1) is 0 Å². The highest BCUT2D eigenvalue weighted by molar-refractivity contribution is 6.39. The number of anilines is 2. The van der Waals surface area contributed by atoms with Gasteiger partial charge in [-0.2, -0.15) is 4.98 Å². The minimum atomic E-state index is -0.621. The molecule has 0 aliphatic rings. The highest BCUT2D eigenvalue weighted by Crippen LogP contribution is 2.33. The largest absolute Gasteiger partial charge is 0.403 e. The summed E-state index contributed by atoms with van der Waals surface area (Å²) in [7, 11) is 0. The van der Waals surface area contributed by atoms with Crippen LogP contribution < -0.4 is 10.9 Å². The topological polar surface area (TPSA) is 68.0 Å². The first-order valence-electron chi connectivity index (χ1n) is 8.21. The van der Waals surface area contributed by atoms with Gasteiger partial charge in [-0.05, 0) is 48.9 Å². The van der Waals surface area contributed by atoms with Crippen molar-refractivity contribution >= 4 is 45.9 Å². The fraction of sp³-hybridized carbons (Fsp3) is 0.0500. The Hall–Kier alpha value is -2.96. The second-order valence-corrected chi connectivity index (χ2v) is 6.90. The smallest absolute Gasteiger partial charge is 0.345 e. The van der Waals surface area contributed by atoms with E-state index in [1.165, 1.54) is 12.3 Å². The van der Waals surface area contributed by atoms with Crippen LogP contribution in [0.15, 0.2) is 57.9 Å². The fourth-order valence-electron chi connectivity index (χ4n) is 2.75. The predicted molar refractivity (Wildman–Crippen MR) is 108 cm³/mol. The van der Waals surface area contributed by atoms with E-state index in [0.29, 0.717) is 32.2 Å². The van der Waals surface area contributed by atoms with E-state index in [4.69, 9.17) is 27.6 Å². The molecule has 0 saturated carbocycles. The summed E-state index contributed by atoms with van der Waals surface area (Å²) in [6, 6.07) is 11.1. The first kappa shape index (κ1) is 18.4. The molecule has 2 heterocycles. The van der Waals surface area contributed by atoms with Crippen molar-refractivity contribution < 1.29 is 8.81 Å². The SMILES string of the molecule is Cc1cc(Nc2ncc3cc(-c4c(Cl)cccc4Cl)c(=O)oc3n2)ccc1F. The number of benzene rings is 2. The van der Waals surface area contributed by atoms with Crippen molar-refractivity contribution in [3.63, 3.8) is 0 Å². The maximum atomic E-state index is 13.4. The van der Waals surface area contributed by atoms with Crippen LogP contribution in [0, 0.1) is 12.7 Å². The van der Waals surface area contributed by atoms with Crippen molar-refractivity contribution in [2.75, 3.05) is 5.32 Å². The average molecular weight is 416 g/mol. The highest BCUT2D eigenvalue weighted by atomic mass is 35.5. The van der Waals surface area contributed by atoms with Crippen LogP contribution in [-0.4, -0.2) is 9.97 Å². The van der Waals surface area contributed by atoms with Crippen LogP contribution in [0.1, 0.15) is 5.56 Å². The molecule has 0 spiro atoms. The standard InChI is InChI=1S/C20H12Cl2FN3O2/c1-10-7-12(5-6-16(10)23)25-20-24-9-11-8-13(19(27)28-18(11)26-20)17-14(21)3-2-4-15(17)22/h2-9H,1H3,(H,24,25,26). The summed E-state index contributed by atoms with van der Waals surface area (Å²) in [5.41, 5.74) is 1.20. The van der Waals surface area contributed by atoms with Crippen LogP contribution in [-0.2, 0) is 0 Å². The van der Waals surface area contributed by atoms with Gasteiger partial charge in [0.25, 0.3) is 0 Å². The molecule has 0 fully saturated rings. The molecule has 0 aliphatic carbocycles. The molecule has 8 heteroatoms. The van der Waals surface area contributed by atoms with Gasteiger partial charge in [-0.3, -0.25) is 0 Å². The number of aryl methyl sites for hydroxylation is 1. The number of nitrogens with one attached hydrogen (secondary N) is 1. The Kier molecular flexibility index (Phi) is 4.75. The zero-order chi connectivity index (χ0) is 19.8. The Morgan fingerprint density at radius 1 is 1.11 bits per heavy atom. The highest BCUT2D eigenvalue weighted by Gasteiger charge is 2.15. The van der Waals surface area contributed by atoms with Crippen LogP contribution in [0.2, 0.25) is 10.0 Å². The first-order chi connectivity index (χ1) is 13.4. The summed E-state index contributed by atoms with van der Waals surface area (Å²) in [6.07, 6.45) is 1.51. The summed E-state index contributed by atoms with van der Waals surface area (Å²) in [5, 5.41) is 4.14. The number of hydrogen-bond donors (Lipinski definition) is 1. The summed E-state index contributed by atoms with van der Waals surface area (Å²) >= 11 is 12.4. The lowest BCUT2D eigenvalue weighted by atomic mass is 10.1. The van der Waals surface area contributed by atoms with E-state index < -0.39 is 5.63 Å². The van der Waals surface area contributed by atoms with E-state index in [1.54, 1.807) is 43.3 Å². The molecule has 4 aromatic rings. The van der Waals surface area contributed by atoms with Gasteiger partial charge in [0.05, 0.1) is 21.0 Å². The summed E-state index contributed by atoms with van der Waals surface area (Å²) < 4.78 is 18.8. The molecule has 0 unspecified atom stereocenters. The first-order valence-corrected chi connectivity index (χ1v) is 8.96. The van der Waals surface area contributed by atoms with Gasteiger partial charge in [0, 0.05) is 17.4 Å². The Morgan fingerprint density at radius 2 is 1.86 bits per heavy atom. The molecule has 0 atom stereocenters. The number of aromatic nitrogens is 2. The van der Waals surface area contributed by atoms with Crippen molar-refractivity contribution in [2.45, 2.75) is 6.92 Å². The normalized spacial score (nSPS) is 11.0. The molecule has 0 amide bonds. The summed E-state index contributed by atoms with van der Waals surface area (Å²) in [4.78, 5) is 20.9. The van der Waals surface area contributed by atoms with Gasteiger partial charge in [-0.25, -0.2) is 14.2 Å². The minimum Gasteiger partial charge on any atom is -0.403 e. The monoisotopic (exact) mass is 415 g/mol. The third-order valence-electron chi connectivity index (χ3n) is 4.14. The molecule has 5 nitrogen and oxygen atoms in total. The number of halogens is 3. The number of nitrogens with zero attached hydrogens (tertiary/aromatic N) is 2. The van der Waals surface area contributed by atoms with Crippen LogP contribution in [0.5, 0.6) is 0 Å². The molecular weight excluding hydrogens is 404 g/mol. The third-order valence-corrected chi connectivity index (χ3v) is 4.77. The van der Waals surface area contributed by atoms with Crippen LogP contribution >= 0.6 is 23.2 Å². The molecule has 1 N–H and O–H groups in total. The van der Waals surface area contributed by atoms with Gasteiger partial charge in [0.1, 0.15) is 5.82 Å². The van der Waals surface area contributed by atoms with E-state index in [0.717, 1.165) is 0 Å². The van der Waals surface area contributed by atoms with Crippen molar-refractivity contribution in [1.82, 2.24) is 9.97 Å². The molecular formula is C20H12Cl2FN3O2. The van der Waals surface area contributed by atoms with Gasteiger partial charge in [0.2, 0.25) is 11.7 Å². The molecule has 0 radical (unpaired) electrons. The van der Waals surface area contributed by atoms with Crippen LogP contribution in [0.25, 0.3) is 22.2 Å². The number of fused-ring (bicyclic) bond motifs is 1. The molecule has 0 bridgehead atoms. The van der Waals surface area contributed by atoms with Crippen molar-refractivity contribution in [3.8, 4) is 11.1 Å². The zero-order valence-electron chi connectivity index (χ0n) is 14.5. The van der Waals surface area contributed by atoms with Crippen molar-refractivity contribution in [3.05, 3.63) is 80.5 Å². The van der Waals surface area contributed by atoms with Crippen LogP contribution in [0.4, 0.5) is 16.0 Å². The van der Waals surface area contributed by atoms with Gasteiger partial charge in [-0.1, -0.05) is 29.3 Å². The van der Waals surface area contributed by atoms with Gasteiger partial charge >= 0.3 is 5.63 Å². The maximum absolute atomic E-state index is 13.4. The quantitative estimate of drug-likeness (QED) is 0.461. The van der Waals surface area contributed by atoms with Crippen LogP contribution in [0.3, 0.4) is 0 Å². The van der Waals surface area contributed by atoms with Crippen molar-refractivity contribution in [2.24, 2.45) is 0 Å². The molecule has 2 aromatic heterocycles. The maximum Gasteiger partial charge on any atom is 0.345 e. The van der Waals surface area contributed by atoms with Gasteiger partial charge in [0.15, 0.2) is 0 Å². The Balaban J connectivity index is 1.75. The fourth-order valence-corrected chi connectivity index (χ4v) is 3.36. The Labute approximate surface area is 168 Å². The minimum absolute atomic E-state index is 0.105.